The lowest BCUT2D eigenvalue weighted by Gasteiger charge is -2.34. The fourth-order valence-electron chi connectivity index (χ4n) is 2.62. The number of halogens is 2. The Morgan fingerprint density at radius 1 is 1.15 bits per heavy atom. The van der Waals surface area contributed by atoms with Crippen LogP contribution in [0.2, 0.25) is 10.0 Å². The van der Waals surface area contributed by atoms with Crippen molar-refractivity contribution in [3.05, 3.63) is 33.8 Å². The van der Waals surface area contributed by atoms with Gasteiger partial charge in [-0.3, -0.25) is 10.1 Å². The van der Waals surface area contributed by atoms with E-state index in [-0.39, 0.29) is 12.5 Å². The van der Waals surface area contributed by atoms with Crippen LogP contribution in [0.4, 0.5) is 4.79 Å². The highest BCUT2D eigenvalue weighted by molar-refractivity contribution is 6.36. The molecule has 0 saturated carbocycles. The molecule has 0 bridgehead atoms. The molecule has 0 radical (unpaired) electrons. The van der Waals surface area contributed by atoms with Gasteiger partial charge < -0.3 is 4.90 Å². The van der Waals surface area contributed by atoms with Gasteiger partial charge in [0.25, 0.3) is 5.91 Å². The van der Waals surface area contributed by atoms with Gasteiger partial charge >= 0.3 is 6.03 Å². The second kappa shape index (κ2) is 5.62. The van der Waals surface area contributed by atoms with Gasteiger partial charge in [-0.25, -0.2) is 4.79 Å². The van der Waals surface area contributed by atoms with E-state index < -0.39 is 11.6 Å². The number of amides is 3. The minimum absolute atomic E-state index is 0.220. The molecule has 0 atom stereocenters. The normalized spacial score (nSPS) is 17.5. The maximum absolute atomic E-state index is 12.1. The number of nitrogens with one attached hydrogen (secondary N) is 1. The predicted octanol–water partition coefficient (Wildman–Crippen LogP) is 3.60. The molecule has 1 fully saturated rings. The molecule has 1 aliphatic heterocycles. The van der Waals surface area contributed by atoms with E-state index in [0.717, 1.165) is 0 Å². The summed E-state index contributed by atoms with van der Waals surface area (Å²) in [4.78, 5) is 25.7. The van der Waals surface area contributed by atoms with Crippen molar-refractivity contribution >= 4 is 35.1 Å². The smallest absolute Gasteiger partial charge is 0.305 e. The number of hydrogen-bond acceptors (Lipinski definition) is 2. The Balaban J connectivity index is 2.40. The molecule has 0 aromatic heterocycles. The number of rotatable bonds is 4. The number of carbonyl (C=O) groups excluding carboxylic acids is 2. The van der Waals surface area contributed by atoms with Crippen LogP contribution in [0, 0.1) is 0 Å². The van der Waals surface area contributed by atoms with Crippen molar-refractivity contribution in [3.63, 3.8) is 0 Å². The van der Waals surface area contributed by atoms with Crippen LogP contribution < -0.4 is 5.32 Å². The lowest BCUT2D eigenvalue weighted by atomic mass is 9.91. The lowest BCUT2D eigenvalue weighted by Crippen LogP contribution is -2.48. The van der Waals surface area contributed by atoms with Gasteiger partial charge in [-0.15, -0.1) is 0 Å². The standard InChI is InChI=1S/C14H16Cl2N2O2/c1-3-14(4-2)12(19)17-13(20)18(14)8-9-10(15)6-5-7-11(9)16/h5-7H,3-4,8H2,1-2H3,(H,17,19,20). The summed E-state index contributed by atoms with van der Waals surface area (Å²) in [5.74, 6) is -0.254. The van der Waals surface area contributed by atoms with E-state index in [9.17, 15) is 9.59 Å². The molecule has 6 heteroatoms. The third-order valence-corrected chi connectivity index (χ3v) is 4.66. The Kier molecular flexibility index (Phi) is 4.25. The van der Waals surface area contributed by atoms with E-state index in [2.05, 4.69) is 5.32 Å². The van der Waals surface area contributed by atoms with Gasteiger partial charge in [-0.2, -0.15) is 0 Å². The van der Waals surface area contributed by atoms with Gasteiger partial charge in [-0.05, 0) is 25.0 Å². The quantitative estimate of drug-likeness (QED) is 0.863. The lowest BCUT2D eigenvalue weighted by molar-refractivity contribution is -0.127. The first-order valence-corrected chi connectivity index (χ1v) is 7.27. The van der Waals surface area contributed by atoms with E-state index in [1.165, 1.54) is 4.90 Å². The molecule has 0 aliphatic carbocycles. The summed E-state index contributed by atoms with van der Waals surface area (Å²) in [6.07, 6.45) is 1.09. The average molecular weight is 315 g/mol. The van der Waals surface area contributed by atoms with E-state index >= 15 is 0 Å². The summed E-state index contributed by atoms with van der Waals surface area (Å²) >= 11 is 12.3. The summed E-state index contributed by atoms with van der Waals surface area (Å²) in [7, 11) is 0. The first kappa shape index (κ1) is 15.1. The van der Waals surface area contributed by atoms with Crippen LogP contribution in [0.15, 0.2) is 18.2 Å². The van der Waals surface area contributed by atoms with Crippen molar-refractivity contribution in [2.24, 2.45) is 0 Å². The fraction of sp³-hybridized carbons (Fsp3) is 0.429. The Morgan fingerprint density at radius 3 is 2.20 bits per heavy atom. The van der Waals surface area contributed by atoms with Crippen LogP contribution in [0.25, 0.3) is 0 Å². The summed E-state index contributed by atoms with van der Waals surface area (Å²) in [6, 6.07) is 4.79. The van der Waals surface area contributed by atoms with Gasteiger partial charge in [0.15, 0.2) is 0 Å². The second-order valence-corrected chi connectivity index (χ2v) is 5.60. The average Bonchev–Trinajstić information content (AvgIpc) is 2.65. The van der Waals surface area contributed by atoms with Crippen molar-refractivity contribution in [1.29, 1.82) is 0 Å². The zero-order valence-electron chi connectivity index (χ0n) is 11.4. The third kappa shape index (κ3) is 2.27. The van der Waals surface area contributed by atoms with E-state index in [1.807, 2.05) is 13.8 Å². The van der Waals surface area contributed by atoms with Crippen molar-refractivity contribution in [2.45, 2.75) is 38.8 Å². The Labute approximate surface area is 128 Å². The van der Waals surface area contributed by atoms with Crippen molar-refractivity contribution in [2.75, 3.05) is 0 Å². The SMILES string of the molecule is CCC1(CC)C(=O)NC(=O)N1Cc1c(Cl)cccc1Cl. The summed E-state index contributed by atoms with van der Waals surface area (Å²) in [6.45, 7) is 4.00. The van der Waals surface area contributed by atoms with E-state index in [1.54, 1.807) is 18.2 Å². The first-order valence-electron chi connectivity index (χ1n) is 6.52. The van der Waals surface area contributed by atoms with Crippen molar-refractivity contribution < 1.29 is 9.59 Å². The zero-order valence-corrected chi connectivity index (χ0v) is 12.9. The van der Waals surface area contributed by atoms with Crippen LogP contribution >= 0.6 is 23.2 Å². The molecule has 1 heterocycles. The first-order chi connectivity index (χ1) is 9.46. The number of benzene rings is 1. The molecule has 1 saturated heterocycles. The zero-order chi connectivity index (χ0) is 14.9. The fourth-order valence-corrected chi connectivity index (χ4v) is 3.13. The molecular formula is C14H16Cl2N2O2. The predicted molar refractivity (Wildman–Crippen MR) is 78.9 cm³/mol. The number of imide groups is 1. The third-order valence-electron chi connectivity index (χ3n) is 3.95. The minimum Gasteiger partial charge on any atom is -0.305 e. The molecule has 0 unspecified atom stereocenters. The Hall–Kier alpha value is -1.26. The molecule has 0 spiro atoms. The van der Waals surface area contributed by atoms with Crippen molar-refractivity contribution in [3.8, 4) is 0 Å². The molecule has 1 N–H and O–H groups in total. The maximum atomic E-state index is 12.1. The highest BCUT2D eigenvalue weighted by Crippen LogP contribution is 2.34. The monoisotopic (exact) mass is 314 g/mol. The Bertz CT molecular complexity index is 536. The molecule has 1 aliphatic rings. The van der Waals surface area contributed by atoms with E-state index in [0.29, 0.717) is 28.5 Å². The maximum Gasteiger partial charge on any atom is 0.325 e. The largest absolute Gasteiger partial charge is 0.325 e. The molecule has 1 aromatic carbocycles. The van der Waals surface area contributed by atoms with Crippen LogP contribution in [-0.4, -0.2) is 22.4 Å². The summed E-state index contributed by atoms with van der Waals surface area (Å²) in [5, 5.41) is 3.36. The molecule has 1 aromatic rings. The number of urea groups is 1. The number of hydrogen-bond donors (Lipinski definition) is 1. The van der Waals surface area contributed by atoms with Crippen molar-refractivity contribution in [1.82, 2.24) is 10.2 Å². The number of nitrogens with zero attached hydrogens (tertiary/aromatic N) is 1. The molecule has 20 heavy (non-hydrogen) atoms. The molecule has 2 rings (SSSR count). The highest BCUT2D eigenvalue weighted by Gasteiger charge is 2.50. The summed E-state index contributed by atoms with van der Waals surface area (Å²) < 4.78 is 0. The molecular weight excluding hydrogens is 299 g/mol. The molecule has 3 amide bonds. The summed E-state index contributed by atoms with van der Waals surface area (Å²) in [5.41, 5.74) is -0.161. The van der Waals surface area contributed by atoms with Gasteiger partial charge in [0.05, 0.1) is 6.54 Å². The van der Waals surface area contributed by atoms with Gasteiger partial charge in [-0.1, -0.05) is 43.1 Å². The van der Waals surface area contributed by atoms with Gasteiger partial charge in [0.2, 0.25) is 0 Å². The Morgan fingerprint density at radius 2 is 1.70 bits per heavy atom. The highest BCUT2D eigenvalue weighted by atomic mass is 35.5. The van der Waals surface area contributed by atoms with Gasteiger partial charge in [0.1, 0.15) is 5.54 Å². The number of carbonyl (C=O) groups is 2. The van der Waals surface area contributed by atoms with Gasteiger partial charge in [0, 0.05) is 15.6 Å². The van der Waals surface area contributed by atoms with Crippen LogP contribution in [0.1, 0.15) is 32.3 Å². The topological polar surface area (TPSA) is 49.4 Å². The second-order valence-electron chi connectivity index (χ2n) is 4.78. The molecule has 4 nitrogen and oxygen atoms in total. The van der Waals surface area contributed by atoms with Crippen LogP contribution in [-0.2, 0) is 11.3 Å². The van der Waals surface area contributed by atoms with Crippen LogP contribution in [0.5, 0.6) is 0 Å². The minimum atomic E-state index is -0.820. The van der Waals surface area contributed by atoms with Crippen LogP contribution in [0.3, 0.4) is 0 Å². The van der Waals surface area contributed by atoms with E-state index in [4.69, 9.17) is 23.2 Å². The molecule has 108 valence electrons.